The molecule has 3 aliphatic rings. The van der Waals surface area contributed by atoms with Crippen LogP contribution in [-0.2, 0) is 4.79 Å². The largest absolute Gasteiger partial charge is 0.378 e. The van der Waals surface area contributed by atoms with Crippen LogP contribution < -0.4 is 10.2 Å². The molecular weight excluding hydrogens is 343 g/mol. The highest BCUT2D eigenvalue weighted by Gasteiger charge is 2.29. The molecular formula is C20H25N4OP. The van der Waals surface area contributed by atoms with E-state index in [1.54, 1.807) is 0 Å². The number of benzene rings is 1. The Morgan fingerprint density at radius 2 is 2.04 bits per heavy atom. The SMILES string of the molecule is CN(C)c1cccc(C2=CC(=O)N3C=C(N4CCNCC4)C=CC3P2)c1. The Hall–Kier alpha value is -2.10. The normalized spacial score (nSPS) is 23.6. The molecule has 6 heteroatoms. The van der Waals surface area contributed by atoms with Crippen LogP contribution in [0.1, 0.15) is 5.56 Å². The van der Waals surface area contributed by atoms with Gasteiger partial charge in [0, 0.05) is 58.2 Å². The Morgan fingerprint density at radius 3 is 2.81 bits per heavy atom. The summed E-state index contributed by atoms with van der Waals surface area (Å²) in [7, 11) is 4.64. The van der Waals surface area contributed by atoms with Gasteiger partial charge in [-0.1, -0.05) is 26.8 Å². The van der Waals surface area contributed by atoms with E-state index in [9.17, 15) is 4.79 Å². The number of anilines is 1. The van der Waals surface area contributed by atoms with Crippen molar-refractivity contribution in [1.29, 1.82) is 0 Å². The van der Waals surface area contributed by atoms with Crippen molar-refractivity contribution >= 4 is 25.5 Å². The maximum absolute atomic E-state index is 12.8. The molecule has 0 bridgehead atoms. The lowest BCUT2D eigenvalue weighted by Gasteiger charge is -2.37. The van der Waals surface area contributed by atoms with E-state index in [-0.39, 0.29) is 11.7 Å². The van der Waals surface area contributed by atoms with E-state index in [0.717, 1.165) is 48.4 Å². The van der Waals surface area contributed by atoms with E-state index < -0.39 is 0 Å². The Morgan fingerprint density at radius 1 is 1.23 bits per heavy atom. The third kappa shape index (κ3) is 3.42. The standard InChI is InChI=1S/C20H25N4OP/c1-22(2)16-5-3-4-15(12-16)18-13-19(25)24-14-17(6-7-20(24)26-18)23-10-8-21-9-11-23/h3-7,12-14,20-21,26H,8-11H2,1-2H3. The van der Waals surface area contributed by atoms with Crippen LogP contribution in [0.2, 0.25) is 0 Å². The molecule has 4 rings (SSSR count). The van der Waals surface area contributed by atoms with E-state index in [1.165, 1.54) is 0 Å². The molecule has 1 fully saturated rings. The van der Waals surface area contributed by atoms with Gasteiger partial charge in [-0.3, -0.25) is 4.79 Å². The molecule has 1 amide bonds. The summed E-state index contributed by atoms with van der Waals surface area (Å²) in [5.41, 5.74) is 3.45. The first kappa shape index (κ1) is 17.3. The number of hydrogen-bond donors (Lipinski definition) is 1. The molecule has 0 aromatic heterocycles. The molecule has 1 saturated heterocycles. The number of piperazine rings is 1. The highest BCUT2D eigenvalue weighted by Crippen LogP contribution is 2.45. The number of carbonyl (C=O) groups excluding carboxylic acids is 1. The minimum absolute atomic E-state index is 0.0796. The summed E-state index contributed by atoms with van der Waals surface area (Å²) < 4.78 is 0. The third-order valence-electron chi connectivity index (χ3n) is 5.00. The number of amides is 1. The summed E-state index contributed by atoms with van der Waals surface area (Å²) in [6.07, 6.45) is 8.23. The van der Waals surface area contributed by atoms with Gasteiger partial charge in [-0.05, 0) is 29.1 Å². The second kappa shape index (κ2) is 7.26. The Labute approximate surface area is 156 Å². The Kier molecular flexibility index (Phi) is 4.84. The van der Waals surface area contributed by atoms with Gasteiger partial charge in [0.05, 0.1) is 11.5 Å². The molecule has 0 aliphatic carbocycles. The monoisotopic (exact) mass is 368 g/mol. The predicted octanol–water partition coefficient (Wildman–Crippen LogP) is 2.26. The van der Waals surface area contributed by atoms with Gasteiger partial charge in [0.15, 0.2) is 0 Å². The zero-order valence-electron chi connectivity index (χ0n) is 15.3. The van der Waals surface area contributed by atoms with Crippen LogP contribution >= 0.6 is 8.58 Å². The van der Waals surface area contributed by atoms with Gasteiger partial charge >= 0.3 is 0 Å². The van der Waals surface area contributed by atoms with Gasteiger partial charge in [-0.15, -0.1) is 0 Å². The molecule has 26 heavy (non-hydrogen) atoms. The first-order chi connectivity index (χ1) is 12.6. The molecule has 136 valence electrons. The smallest absolute Gasteiger partial charge is 0.252 e. The fourth-order valence-corrected chi connectivity index (χ4v) is 4.87. The number of allylic oxidation sites excluding steroid dienone is 1. The van der Waals surface area contributed by atoms with Crippen LogP contribution in [0.15, 0.2) is 54.4 Å². The van der Waals surface area contributed by atoms with Crippen LogP contribution in [0.4, 0.5) is 5.69 Å². The van der Waals surface area contributed by atoms with Gasteiger partial charge in [-0.25, -0.2) is 0 Å². The fourth-order valence-electron chi connectivity index (χ4n) is 3.49. The summed E-state index contributed by atoms with van der Waals surface area (Å²) in [5, 5.41) is 4.51. The summed E-state index contributed by atoms with van der Waals surface area (Å²) in [4.78, 5) is 19.1. The van der Waals surface area contributed by atoms with Crippen LogP contribution in [-0.4, -0.2) is 61.8 Å². The Bertz CT molecular complexity index is 793. The minimum Gasteiger partial charge on any atom is -0.378 e. The van der Waals surface area contributed by atoms with E-state index >= 15 is 0 Å². The fraction of sp³-hybridized carbons (Fsp3) is 0.350. The second-order valence-electron chi connectivity index (χ2n) is 6.99. The number of nitrogens with one attached hydrogen (secondary N) is 1. The van der Waals surface area contributed by atoms with E-state index in [0.29, 0.717) is 8.58 Å². The first-order valence-corrected chi connectivity index (χ1v) is 10.1. The molecule has 3 heterocycles. The molecule has 1 aromatic carbocycles. The molecule has 0 radical (unpaired) electrons. The van der Waals surface area contributed by atoms with E-state index in [1.807, 2.05) is 31.3 Å². The minimum atomic E-state index is 0.0796. The topological polar surface area (TPSA) is 38.8 Å². The molecule has 1 N–H and O–H groups in total. The summed E-state index contributed by atoms with van der Waals surface area (Å²) in [6.45, 7) is 3.97. The average Bonchev–Trinajstić information content (AvgIpc) is 2.68. The van der Waals surface area contributed by atoms with Gasteiger partial charge < -0.3 is 20.0 Å². The quantitative estimate of drug-likeness (QED) is 0.831. The van der Waals surface area contributed by atoms with Crippen molar-refractivity contribution in [3.05, 3.63) is 60.0 Å². The Balaban J connectivity index is 1.57. The van der Waals surface area contributed by atoms with Crippen molar-refractivity contribution < 1.29 is 4.79 Å². The number of nitrogens with zero attached hydrogens (tertiary/aromatic N) is 3. The second-order valence-corrected chi connectivity index (χ2v) is 8.41. The molecule has 1 aromatic rings. The lowest BCUT2D eigenvalue weighted by Crippen LogP contribution is -2.44. The molecule has 2 atom stereocenters. The van der Waals surface area contributed by atoms with E-state index in [2.05, 4.69) is 51.5 Å². The van der Waals surface area contributed by atoms with Crippen LogP contribution in [0.3, 0.4) is 0 Å². The van der Waals surface area contributed by atoms with Crippen molar-refractivity contribution in [2.24, 2.45) is 0 Å². The van der Waals surface area contributed by atoms with Crippen LogP contribution in [0.25, 0.3) is 5.31 Å². The zero-order chi connectivity index (χ0) is 18.1. The summed E-state index contributed by atoms with van der Waals surface area (Å²) in [5.74, 6) is 0.216. The van der Waals surface area contributed by atoms with Crippen molar-refractivity contribution in [3.63, 3.8) is 0 Å². The van der Waals surface area contributed by atoms with Crippen LogP contribution in [0.5, 0.6) is 0 Å². The number of hydrogen-bond acceptors (Lipinski definition) is 4. The van der Waals surface area contributed by atoms with Crippen molar-refractivity contribution in [3.8, 4) is 0 Å². The molecule has 0 spiro atoms. The van der Waals surface area contributed by atoms with Crippen molar-refractivity contribution in [2.75, 3.05) is 45.2 Å². The van der Waals surface area contributed by atoms with Crippen molar-refractivity contribution in [1.82, 2.24) is 15.1 Å². The van der Waals surface area contributed by atoms with Crippen molar-refractivity contribution in [2.45, 2.75) is 5.78 Å². The zero-order valence-corrected chi connectivity index (χ0v) is 16.3. The maximum atomic E-state index is 12.8. The lowest BCUT2D eigenvalue weighted by molar-refractivity contribution is -0.123. The highest BCUT2D eigenvalue weighted by molar-refractivity contribution is 7.51. The molecule has 2 unspecified atom stereocenters. The van der Waals surface area contributed by atoms with Crippen LogP contribution in [0, 0.1) is 0 Å². The predicted molar refractivity (Wildman–Crippen MR) is 109 cm³/mol. The third-order valence-corrected chi connectivity index (χ3v) is 6.51. The first-order valence-electron chi connectivity index (χ1n) is 9.06. The molecule has 3 aliphatic heterocycles. The van der Waals surface area contributed by atoms with Gasteiger partial charge in [0.1, 0.15) is 0 Å². The average molecular weight is 368 g/mol. The number of carbonyl (C=O) groups is 1. The summed E-state index contributed by atoms with van der Waals surface area (Å²) >= 11 is 0. The number of rotatable bonds is 3. The maximum Gasteiger partial charge on any atom is 0.252 e. The van der Waals surface area contributed by atoms with E-state index in [4.69, 9.17) is 0 Å². The van der Waals surface area contributed by atoms with Gasteiger partial charge in [0.25, 0.3) is 5.91 Å². The van der Waals surface area contributed by atoms with Gasteiger partial charge in [0.2, 0.25) is 0 Å². The van der Waals surface area contributed by atoms with Gasteiger partial charge in [-0.2, -0.15) is 0 Å². The number of fused-ring (bicyclic) bond motifs is 1. The summed E-state index contributed by atoms with van der Waals surface area (Å²) in [6, 6.07) is 8.42. The highest BCUT2D eigenvalue weighted by atomic mass is 31.1. The lowest BCUT2D eigenvalue weighted by atomic mass is 10.1. The molecule has 0 saturated carbocycles. The molecule has 5 nitrogen and oxygen atoms in total.